The molecule has 1 saturated heterocycles. The molecule has 1 unspecified atom stereocenters. The van der Waals surface area contributed by atoms with E-state index in [0.29, 0.717) is 29.2 Å². The number of nitrogens with two attached hydrogens (primary N) is 1. The van der Waals surface area contributed by atoms with Crippen LogP contribution in [0.4, 0.5) is 0 Å². The second-order valence-electron chi connectivity index (χ2n) is 6.15. The molecule has 1 aromatic carbocycles. The average Bonchev–Trinajstić information content (AvgIpc) is 3.05. The van der Waals surface area contributed by atoms with Crippen LogP contribution < -0.4 is 15.2 Å². The molecule has 1 fully saturated rings. The highest BCUT2D eigenvalue weighted by Crippen LogP contribution is 2.32. The minimum absolute atomic E-state index is 0.0755. The molecule has 128 valence electrons. The second kappa shape index (κ2) is 7.05. The summed E-state index contributed by atoms with van der Waals surface area (Å²) in [5.41, 5.74) is 6.43. The Bertz CT molecular complexity index is 739. The van der Waals surface area contributed by atoms with E-state index < -0.39 is 5.91 Å². The average molecular weight is 330 g/mol. The first kappa shape index (κ1) is 16.5. The van der Waals surface area contributed by atoms with Crippen LogP contribution in [-0.4, -0.2) is 36.3 Å². The summed E-state index contributed by atoms with van der Waals surface area (Å²) in [6, 6.07) is 5.22. The molecule has 2 heterocycles. The Hall–Kier alpha value is -2.34. The topological polar surface area (TPSA) is 83.7 Å². The highest BCUT2D eigenvalue weighted by atomic mass is 16.5. The lowest BCUT2D eigenvalue weighted by Gasteiger charge is -2.16. The molecule has 1 aromatic heterocycles. The van der Waals surface area contributed by atoms with E-state index in [9.17, 15) is 4.79 Å². The lowest BCUT2D eigenvalue weighted by Crippen LogP contribution is -2.17. The van der Waals surface area contributed by atoms with Gasteiger partial charge in [-0.2, -0.15) is 0 Å². The number of pyridine rings is 1. The van der Waals surface area contributed by atoms with Crippen molar-refractivity contribution in [3.05, 3.63) is 30.0 Å². The van der Waals surface area contributed by atoms with Gasteiger partial charge in [-0.25, -0.2) is 0 Å². The van der Waals surface area contributed by atoms with Crippen molar-refractivity contribution in [3.8, 4) is 11.5 Å². The van der Waals surface area contributed by atoms with E-state index in [2.05, 4.69) is 4.98 Å². The summed E-state index contributed by atoms with van der Waals surface area (Å²) in [5, 5.41) is 0.788. The molecule has 0 aliphatic carbocycles. The molecule has 1 amide bonds. The first-order chi connectivity index (χ1) is 11.5. The van der Waals surface area contributed by atoms with Gasteiger partial charge in [0.25, 0.3) is 5.91 Å². The first-order valence-corrected chi connectivity index (χ1v) is 8.18. The number of amides is 1. The molecule has 2 N–H and O–H groups in total. The zero-order valence-corrected chi connectivity index (χ0v) is 14.0. The maximum Gasteiger partial charge on any atom is 0.252 e. The summed E-state index contributed by atoms with van der Waals surface area (Å²) in [7, 11) is 0. The predicted molar refractivity (Wildman–Crippen MR) is 90.5 cm³/mol. The zero-order chi connectivity index (χ0) is 17.1. The van der Waals surface area contributed by atoms with Crippen molar-refractivity contribution in [1.82, 2.24) is 4.98 Å². The smallest absolute Gasteiger partial charge is 0.252 e. The zero-order valence-electron chi connectivity index (χ0n) is 14.0. The van der Waals surface area contributed by atoms with Crippen molar-refractivity contribution in [3.63, 3.8) is 0 Å². The van der Waals surface area contributed by atoms with Crippen LogP contribution >= 0.6 is 0 Å². The number of hydrogen-bond acceptors (Lipinski definition) is 5. The highest BCUT2D eigenvalue weighted by molar-refractivity contribution is 6.01. The molecular weight excluding hydrogens is 308 g/mol. The molecule has 2 aromatic rings. The number of hydrogen-bond donors (Lipinski definition) is 1. The lowest BCUT2D eigenvalue weighted by molar-refractivity contribution is 0.0684. The van der Waals surface area contributed by atoms with E-state index in [1.165, 1.54) is 0 Å². The van der Waals surface area contributed by atoms with Crippen LogP contribution in [0.1, 0.15) is 37.0 Å². The van der Waals surface area contributed by atoms with Gasteiger partial charge in [0.15, 0.2) is 0 Å². The van der Waals surface area contributed by atoms with Crippen LogP contribution in [0.15, 0.2) is 24.4 Å². The van der Waals surface area contributed by atoms with Crippen LogP contribution in [0, 0.1) is 0 Å². The number of aromatic nitrogens is 1. The molecule has 1 aliphatic rings. The quantitative estimate of drug-likeness (QED) is 0.880. The fourth-order valence-electron chi connectivity index (χ4n) is 2.78. The van der Waals surface area contributed by atoms with Crippen LogP contribution in [0.3, 0.4) is 0 Å². The second-order valence-corrected chi connectivity index (χ2v) is 6.15. The van der Waals surface area contributed by atoms with Gasteiger partial charge < -0.3 is 19.9 Å². The van der Waals surface area contributed by atoms with E-state index in [-0.39, 0.29) is 12.2 Å². The number of benzene rings is 1. The van der Waals surface area contributed by atoms with Gasteiger partial charge in [0.1, 0.15) is 18.1 Å². The number of primary amides is 1. The molecule has 1 aliphatic heterocycles. The molecule has 24 heavy (non-hydrogen) atoms. The Morgan fingerprint density at radius 3 is 2.92 bits per heavy atom. The van der Waals surface area contributed by atoms with Gasteiger partial charge in [-0.1, -0.05) is 0 Å². The van der Waals surface area contributed by atoms with Gasteiger partial charge in [-0.15, -0.1) is 0 Å². The normalized spacial score (nSPS) is 17.4. The number of carbonyl (C=O) groups excluding carboxylic acids is 1. The fourth-order valence-corrected chi connectivity index (χ4v) is 2.78. The molecule has 0 radical (unpaired) electrons. The molecule has 6 nitrogen and oxygen atoms in total. The summed E-state index contributed by atoms with van der Waals surface area (Å²) in [4.78, 5) is 16.0. The predicted octanol–water partition coefficient (Wildman–Crippen LogP) is 2.68. The minimum atomic E-state index is -0.542. The highest BCUT2D eigenvalue weighted by Gasteiger charge is 2.18. The van der Waals surface area contributed by atoms with Gasteiger partial charge in [-0.05, 0) is 44.9 Å². The lowest BCUT2D eigenvalue weighted by atomic mass is 10.1. The maximum absolute atomic E-state index is 11.7. The van der Waals surface area contributed by atoms with Crippen LogP contribution in [0.5, 0.6) is 11.5 Å². The van der Waals surface area contributed by atoms with E-state index >= 15 is 0 Å². The molecule has 1 atom stereocenters. The third-order valence-corrected chi connectivity index (χ3v) is 3.88. The van der Waals surface area contributed by atoms with Crippen molar-refractivity contribution in [2.45, 2.75) is 38.9 Å². The third kappa shape index (κ3) is 3.59. The number of ether oxygens (including phenoxy) is 3. The molecule has 6 heteroatoms. The van der Waals surface area contributed by atoms with Gasteiger partial charge in [0.05, 0.1) is 23.3 Å². The molecular formula is C18H22N2O4. The van der Waals surface area contributed by atoms with Gasteiger partial charge in [0, 0.05) is 18.2 Å². The SMILES string of the molecule is CC(C)Oc1cc2c(OCC3CCCO3)ccnc2cc1C(N)=O. The van der Waals surface area contributed by atoms with Crippen LogP contribution in [-0.2, 0) is 4.74 Å². The monoisotopic (exact) mass is 330 g/mol. The molecule has 0 saturated carbocycles. The maximum atomic E-state index is 11.7. The molecule has 0 bridgehead atoms. The van der Waals surface area contributed by atoms with Gasteiger partial charge >= 0.3 is 0 Å². The number of nitrogens with zero attached hydrogens (tertiary/aromatic N) is 1. The van der Waals surface area contributed by atoms with Crippen molar-refractivity contribution >= 4 is 16.8 Å². The van der Waals surface area contributed by atoms with E-state index in [0.717, 1.165) is 24.8 Å². The number of rotatable bonds is 6. The van der Waals surface area contributed by atoms with Gasteiger partial charge in [-0.3, -0.25) is 9.78 Å². The van der Waals surface area contributed by atoms with Crippen molar-refractivity contribution < 1.29 is 19.0 Å². The third-order valence-electron chi connectivity index (χ3n) is 3.88. The standard InChI is InChI=1S/C18H22N2O4/c1-11(2)24-17-9-13-15(8-14(17)18(19)21)20-6-5-16(13)23-10-12-4-3-7-22-12/h5-6,8-9,11-12H,3-4,7,10H2,1-2H3,(H2,19,21). The van der Waals surface area contributed by atoms with Crippen molar-refractivity contribution in [2.24, 2.45) is 5.73 Å². The Morgan fingerprint density at radius 2 is 2.25 bits per heavy atom. The number of fused-ring (bicyclic) bond motifs is 1. The van der Waals surface area contributed by atoms with E-state index in [4.69, 9.17) is 19.9 Å². The molecule has 3 rings (SSSR count). The summed E-state index contributed by atoms with van der Waals surface area (Å²) in [5.74, 6) is 0.597. The largest absolute Gasteiger partial charge is 0.490 e. The van der Waals surface area contributed by atoms with Crippen molar-refractivity contribution in [1.29, 1.82) is 0 Å². The Kier molecular flexibility index (Phi) is 4.85. The Balaban J connectivity index is 1.95. The van der Waals surface area contributed by atoms with Crippen LogP contribution in [0.25, 0.3) is 10.9 Å². The molecule has 0 spiro atoms. The van der Waals surface area contributed by atoms with Crippen molar-refractivity contribution in [2.75, 3.05) is 13.2 Å². The fraction of sp³-hybridized carbons (Fsp3) is 0.444. The Labute approximate surface area is 140 Å². The summed E-state index contributed by atoms with van der Waals surface area (Å²) >= 11 is 0. The minimum Gasteiger partial charge on any atom is -0.490 e. The Morgan fingerprint density at radius 1 is 1.42 bits per heavy atom. The van der Waals surface area contributed by atoms with Gasteiger partial charge in [0.2, 0.25) is 0 Å². The summed E-state index contributed by atoms with van der Waals surface area (Å²) in [6.07, 6.45) is 3.79. The summed E-state index contributed by atoms with van der Waals surface area (Å²) < 4.78 is 17.3. The van der Waals surface area contributed by atoms with E-state index in [1.807, 2.05) is 13.8 Å². The number of carbonyl (C=O) groups is 1. The summed E-state index contributed by atoms with van der Waals surface area (Å²) in [6.45, 7) is 5.08. The van der Waals surface area contributed by atoms with Crippen LogP contribution in [0.2, 0.25) is 0 Å². The van der Waals surface area contributed by atoms with E-state index in [1.54, 1.807) is 24.4 Å². The first-order valence-electron chi connectivity index (χ1n) is 8.18.